The van der Waals surface area contributed by atoms with Crippen LogP contribution >= 0.6 is 0 Å². The molecule has 9 atom stereocenters. The standard InChI is InChI=1S/C40H67N3O7/c1-11-19-43-24-27(2)23-40(7,47-10)36(50-37-34(44)33(41(8)9)22-28(3)49-37)29(4)35(45)39(5,6)38(46)48-26-32(43)17-14-20-42-21-18-30-15-12-13-16-31(30)25-42/h12-13,15-16,27-29,32-34,36-37,44H,11,14,17-26H2,1-10H3/t27-,28-,29+,32-,33+,34-,36-,37+,40-/m1/s1. The minimum atomic E-state index is -1.41. The summed E-state index contributed by atoms with van der Waals surface area (Å²) in [6.45, 7) is 18.4. The van der Waals surface area contributed by atoms with E-state index in [1.807, 2.05) is 32.8 Å². The maximum atomic E-state index is 14.4. The lowest BCUT2D eigenvalue weighted by atomic mass is 9.74. The zero-order valence-electron chi connectivity index (χ0n) is 32.7. The van der Waals surface area contributed by atoms with Crippen LogP contribution in [0, 0.1) is 17.3 Å². The molecule has 0 spiro atoms. The molecule has 3 aliphatic heterocycles. The van der Waals surface area contributed by atoms with Crippen molar-refractivity contribution in [2.24, 2.45) is 17.3 Å². The van der Waals surface area contributed by atoms with Crippen LogP contribution in [-0.2, 0) is 41.5 Å². The van der Waals surface area contributed by atoms with E-state index in [0.29, 0.717) is 12.8 Å². The summed E-state index contributed by atoms with van der Waals surface area (Å²) in [6.07, 6.45) is 2.34. The smallest absolute Gasteiger partial charge is 0.319 e. The first-order valence-electron chi connectivity index (χ1n) is 19.1. The summed E-state index contributed by atoms with van der Waals surface area (Å²) in [4.78, 5) is 35.2. The molecule has 0 aromatic heterocycles. The van der Waals surface area contributed by atoms with Crippen molar-refractivity contribution >= 4 is 11.8 Å². The largest absolute Gasteiger partial charge is 0.463 e. The first kappa shape index (κ1) is 40.8. The van der Waals surface area contributed by atoms with Gasteiger partial charge >= 0.3 is 5.97 Å². The highest BCUT2D eigenvalue weighted by Gasteiger charge is 2.51. The van der Waals surface area contributed by atoms with Crippen LogP contribution in [0.2, 0.25) is 0 Å². The molecule has 2 saturated heterocycles. The third kappa shape index (κ3) is 9.73. The Morgan fingerprint density at radius 3 is 2.42 bits per heavy atom. The SMILES string of the molecule is CCCN1C[C@H](C)C[C@@](C)(OC)[C@H](O[C@@H]2O[C@H](C)C[C@H](N(C)C)[C@H]2O)[C@@H](C)C(=O)C(C)(C)C(=O)OC[C@H]1CCCN1CCc2ccccc2C1. The van der Waals surface area contributed by atoms with Crippen molar-refractivity contribution in [2.75, 3.05) is 54.0 Å². The number of carbonyl (C=O) groups excluding carboxylic acids is 2. The highest BCUT2D eigenvalue weighted by Crippen LogP contribution is 2.38. The second-order valence-electron chi connectivity index (χ2n) is 16.4. The van der Waals surface area contributed by atoms with E-state index in [1.165, 1.54) is 11.1 Å². The number of likely N-dealkylation sites (N-methyl/N-ethyl adjacent to an activating group) is 1. The Morgan fingerprint density at radius 1 is 1.06 bits per heavy atom. The van der Waals surface area contributed by atoms with E-state index in [0.717, 1.165) is 58.4 Å². The van der Waals surface area contributed by atoms with Crippen molar-refractivity contribution in [3.63, 3.8) is 0 Å². The van der Waals surface area contributed by atoms with Gasteiger partial charge in [0, 0.05) is 44.7 Å². The number of carbonyl (C=O) groups is 2. The molecule has 10 heteroatoms. The van der Waals surface area contributed by atoms with Crippen molar-refractivity contribution < 1.29 is 33.6 Å². The van der Waals surface area contributed by atoms with Gasteiger partial charge in [-0.2, -0.15) is 0 Å². The lowest BCUT2D eigenvalue weighted by Crippen LogP contribution is -2.59. The van der Waals surface area contributed by atoms with Gasteiger partial charge in [0.1, 0.15) is 18.1 Å². The third-order valence-electron chi connectivity index (χ3n) is 11.6. The molecule has 1 aromatic carbocycles. The van der Waals surface area contributed by atoms with E-state index >= 15 is 0 Å². The van der Waals surface area contributed by atoms with Crippen molar-refractivity contribution in [2.45, 2.75) is 136 Å². The van der Waals surface area contributed by atoms with E-state index < -0.39 is 41.4 Å². The molecule has 0 radical (unpaired) electrons. The summed E-state index contributed by atoms with van der Waals surface area (Å²) in [5, 5.41) is 11.4. The summed E-state index contributed by atoms with van der Waals surface area (Å²) in [5.74, 6) is -1.39. The molecule has 10 nitrogen and oxygen atoms in total. The van der Waals surface area contributed by atoms with E-state index in [1.54, 1.807) is 27.9 Å². The highest BCUT2D eigenvalue weighted by molar-refractivity contribution is 6.04. The zero-order valence-corrected chi connectivity index (χ0v) is 32.7. The van der Waals surface area contributed by atoms with Gasteiger partial charge in [-0.25, -0.2) is 0 Å². The Balaban J connectivity index is 1.58. The topological polar surface area (TPSA) is 101 Å². The molecule has 1 aromatic rings. The maximum Gasteiger partial charge on any atom is 0.319 e. The monoisotopic (exact) mass is 701 g/mol. The number of ketones is 1. The molecular formula is C40H67N3O7. The van der Waals surface area contributed by atoms with Gasteiger partial charge in [0.2, 0.25) is 0 Å². The second-order valence-corrected chi connectivity index (χ2v) is 16.4. The van der Waals surface area contributed by atoms with Crippen LogP contribution in [0.4, 0.5) is 0 Å². The number of nitrogens with zero attached hydrogens (tertiary/aromatic N) is 3. The minimum absolute atomic E-state index is 0.0265. The molecule has 1 N–H and O–H groups in total. The van der Waals surface area contributed by atoms with Crippen LogP contribution in [-0.4, -0.2) is 128 Å². The molecule has 3 heterocycles. The summed E-state index contributed by atoms with van der Waals surface area (Å²) < 4.78 is 25.3. The number of ether oxygens (including phenoxy) is 4. The molecular weight excluding hydrogens is 634 g/mol. The Kier molecular flexibility index (Phi) is 14.5. The summed E-state index contributed by atoms with van der Waals surface area (Å²) >= 11 is 0. The lowest BCUT2D eigenvalue weighted by Gasteiger charge is -2.47. The number of esters is 1. The predicted octanol–water partition coefficient (Wildman–Crippen LogP) is 4.94. The number of hydrogen-bond donors (Lipinski definition) is 1. The lowest BCUT2D eigenvalue weighted by molar-refractivity contribution is -0.295. The molecule has 0 aliphatic carbocycles. The number of benzene rings is 1. The summed E-state index contributed by atoms with van der Waals surface area (Å²) in [6, 6.07) is 8.57. The van der Waals surface area contributed by atoms with Gasteiger partial charge < -0.3 is 29.0 Å². The van der Waals surface area contributed by atoms with Crippen molar-refractivity contribution in [3.05, 3.63) is 35.4 Å². The minimum Gasteiger partial charge on any atom is -0.463 e. The Morgan fingerprint density at radius 2 is 1.76 bits per heavy atom. The average molecular weight is 702 g/mol. The van der Waals surface area contributed by atoms with Gasteiger partial charge in [0.05, 0.1) is 17.8 Å². The fourth-order valence-electron chi connectivity index (χ4n) is 8.60. The van der Waals surface area contributed by atoms with Gasteiger partial charge in [-0.15, -0.1) is 0 Å². The predicted molar refractivity (Wildman–Crippen MR) is 196 cm³/mol. The summed E-state index contributed by atoms with van der Waals surface area (Å²) in [7, 11) is 5.53. The molecule has 0 bridgehead atoms. The number of rotatable bonds is 10. The fraction of sp³-hybridized carbons (Fsp3) is 0.800. The number of hydrogen-bond acceptors (Lipinski definition) is 10. The number of fused-ring (bicyclic) bond motifs is 1. The molecule has 284 valence electrons. The normalized spacial score (nSPS) is 35.1. The van der Waals surface area contributed by atoms with Gasteiger partial charge in [0.25, 0.3) is 0 Å². The van der Waals surface area contributed by atoms with Crippen LogP contribution in [0.5, 0.6) is 0 Å². The summed E-state index contributed by atoms with van der Waals surface area (Å²) in [5.41, 5.74) is 0.531. The highest BCUT2D eigenvalue weighted by atomic mass is 16.7. The van der Waals surface area contributed by atoms with Crippen LogP contribution in [0.1, 0.15) is 91.7 Å². The average Bonchev–Trinajstić information content (AvgIpc) is 3.08. The molecule has 0 saturated carbocycles. The first-order chi connectivity index (χ1) is 23.6. The number of cyclic esters (lactones) is 1. The van der Waals surface area contributed by atoms with Crippen molar-refractivity contribution in [3.8, 4) is 0 Å². The van der Waals surface area contributed by atoms with Crippen LogP contribution < -0.4 is 0 Å². The van der Waals surface area contributed by atoms with E-state index in [9.17, 15) is 14.7 Å². The van der Waals surface area contributed by atoms with Crippen LogP contribution in [0.15, 0.2) is 24.3 Å². The van der Waals surface area contributed by atoms with Gasteiger partial charge in [-0.05, 0) is 110 Å². The van der Waals surface area contributed by atoms with Gasteiger partial charge in [-0.3, -0.25) is 19.4 Å². The third-order valence-corrected chi connectivity index (χ3v) is 11.6. The number of aliphatic hydroxyl groups excluding tert-OH is 1. The molecule has 4 rings (SSSR count). The number of aliphatic hydroxyl groups is 1. The Labute approximate surface area is 302 Å². The maximum absolute atomic E-state index is 14.4. The Bertz CT molecular complexity index is 1260. The van der Waals surface area contributed by atoms with Gasteiger partial charge in [0.15, 0.2) is 12.1 Å². The van der Waals surface area contributed by atoms with E-state index in [2.05, 4.69) is 47.9 Å². The Hall–Kier alpha value is -1.92. The van der Waals surface area contributed by atoms with Crippen molar-refractivity contribution in [1.82, 2.24) is 14.7 Å². The fourth-order valence-corrected chi connectivity index (χ4v) is 8.60. The second kappa shape index (κ2) is 17.7. The zero-order chi connectivity index (χ0) is 36.8. The molecule has 2 fully saturated rings. The molecule has 0 amide bonds. The number of Topliss-reactive ketones (excluding diaryl/α,β-unsaturated/α-hetero) is 1. The van der Waals surface area contributed by atoms with Gasteiger partial charge in [-0.1, -0.05) is 45.0 Å². The first-order valence-corrected chi connectivity index (χ1v) is 19.1. The quantitative estimate of drug-likeness (QED) is 0.267. The number of methoxy groups -OCH3 is 1. The van der Waals surface area contributed by atoms with Crippen molar-refractivity contribution in [1.29, 1.82) is 0 Å². The molecule has 50 heavy (non-hydrogen) atoms. The van der Waals surface area contributed by atoms with E-state index in [-0.39, 0.29) is 36.5 Å². The molecule has 0 unspecified atom stereocenters. The molecule has 3 aliphatic rings. The van der Waals surface area contributed by atoms with Crippen LogP contribution in [0.3, 0.4) is 0 Å². The van der Waals surface area contributed by atoms with Crippen LogP contribution in [0.25, 0.3) is 0 Å². The van der Waals surface area contributed by atoms with E-state index in [4.69, 9.17) is 18.9 Å².